The molecular formula is C24H30N2O5. The van der Waals surface area contributed by atoms with E-state index < -0.39 is 5.97 Å². The Bertz CT molecular complexity index is 1000. The van der Waals surface area contributed by atoms with Crippen LogP contribution in [0.2, 0.25) is 0 Å². The SMILES string of the molecule is CCOC(=O)c1cc2c(n1Cc1cc(OC)ccc1OC)C(=O)C(=CN(C)C)CCC2. The summed E-state index contributed by atoms with van der Waals surface area (Å²) in [6.07, 6.45) is 4.13. The van der Waals surface area contributed by atoms with Crippen molar-refractivity contribution in [2.45, 2.75) is 32.7 Å². The van der Waals surface area contributed by atoms with Crippen molar-refractivity contribution in [3.63, 3.8) is 0 Å². The number of aryl methyl sites for hydroxylation is 1. The van der Waals surface area contributed by atoms with Crippen LogP contribution >= 0.6 is 0 Å². The van der Waals surface area contributed by atoms with Gasteiger partial charge < -0.3 is 23.7 Å². The molecule has 1 heterocycles. The highest BCUT2D eigenvalue weighted by atomic mass is 16.5. The fraction of sp³-hybridized carbons (Fsp3) is 0.417. The summed E-state index contributed by atoms with van der Waals surface area (Å²) in [6.45, 7) is 2.31. The number of carbonyl (C=O) groups excluding carboxylic acids is 2. The molecule has 0 saturated carbocycles. The molecule has 0 unspecified atom stereocenters. The Kier molecular flexibility index (Phi) is 7.05. The highest BCUT2D eigenvalue weighted by Crippen LogP contribution is 2.31. The standard InChI is InChI=1S/C24H30N2O5/c1-6-31-24(28)20-13-16-8-7-9-17(14-25(2)3)23(27)22(16)26(20)15-18-12-19(29-4)10-11-21(18)30-5/h10-14H,6-9,15H2,1-5H3. The van der Waals surface area contributed by atoms with E-state index in [0.29, 0.717) is 29.3 Å². The second-order valence-electron chi connectivity index (χ2n) is 7.69. The third-order valence-corrected chi connectivity index (χ3v) is 5.29. The van der Waals surface area contributed by atoms with Crippen LogP contribution in [0.5, 0.6) is 11.5 Å². The number of fused-ring (bicyclic) bond motifs is 1. The Labute approximate surface area is 183 Å². The maximum absolute atomic E-state index is 13.5. The molecule has 0 N–H and O–H groups in total. The molecule has 0 radical (unpaired) electrons. The van der Waals surface area contributed by atoms with Crippen molar-refractivity contribution < 1.29 is 23.8 Å². The van der Waals surface area contributed by atoms with Gasteiger partial charge in [-0.3, -0.25) is 4.79 Å². The van der Waals surface area contributed by atoms with E-state index in [4.69, 9.17) is 14.2 Å². The van der Waals surface area contributed by atoms with Crippen LogP contribution in [0.3, 0.4) is 0 Å². The molecule has 0 atom stereocenters. The number of carbonyl (C=O) groups is 2. The van der Waals surface area contributed by atoms with Gasteiger partial charge in [0.05, 0.1) is 33.1 Å². The van der Waals surface area contributed by atoms with Crippen molar-refractivity contribution in [2.75, 3.05) is 34.9 Å². The molecule has 0 bridgehead atoms. The zero-order chi connectivity index (χ0) is 22.5. The van der Waals surface area contributed by atoms with E-state index in [9.17, 15) is 9.59 Å². The number of hydrogen-bond acceptors (Lipinski definition) is 6. The van der Waals surface area contributed by atoms with Crippen LogP contribution in [0.15, 0.2) is 36.0 Å². The van der Waals surface area contributed by atoms with Crippen LogP contribution in [-0.4, -0.2) is 56.1 Å². The van der Waals surface area contributed by atoms with Crippen molar-refractivity contribution in [2.24, 2.45) is 0 Å². The molecule has 1 aromatic carbocycles. The van der Waals surface area contributed by atoms with Crippen LogP contribution in [0.4, 0.5) is 0 Å². The molecule has 7 nitrogen and oxygen atoms in total. The maximum Gasteiger partial charge on any atom is 0.354 e. The largest absolute Gasteiger partial charge is 0.497 e. The number of Topliss-reactive ketones (excluding diaryl/α,β-unsaturated/α-hetero) is 1. The van der Waals surface area contributed by atoms with Crippen LogP contribution in [0.25, 0.3) is 0 Å². The van der Waals surface area contributed by atoms with Crippen molar-refractivity contribution in [3.8, 4) is 11.5 Å². The molecule has 1 aromatic heterocycles. The normalized spacial score (nSPS) is 14.7. The van der Waals surface area contributed by atoms with Crippen molar-refractivity contribution in [3.05, 3.63) is 58.6 Å². The Balaban J connectivity index is 2.18. The highest BCUT2D eigenvalue weighted by Gasteiger charge is 2.29. The third-order valence-electron chi connectivity index (χ3n) is 5.29. The number of methoxy groups -OCH3 is 2. The summed E-state index contributed by atoms with van der Waals surface area (Å²) in [5, 5.41) is 0. The number of rotatable bonds is 7. The minimum Gasteiger partial charge on any atom is -0.497 e. The number of esters is 1. The minimum absolute atomic E-state index is 0.0568. The molecule has 31 heavy (non-hydrogen) atoms. The summed E-state index contributed by atoms with van der Waals surface area (Å²) in [4.78, 5) is 28.2. The topological polar surface area (TPSA) is 70.0 Å². The molecule has 0 spiro atoms. The molecule has 0 aliphatic heterocycles. The molecule has 1 aliphatic rings. The van der Waals surface area contributed by atoms with E-state index in [0.717, 1.165) is 29.5 Å². The maximum atomic E-state index is 13.5. The van der Waals surface area contributed by atoms with Gasteiger partial charge in [-0.15, -0.1) is 0 Å². The second kappa shape index (κ2) is 9.73. The van der Waals surface area contributed by atoms with Gasteiger partial charge in [0, 0.05) is 31.4 Å². The summed E-state index contributed by atoms with van der Waals surface area (Å²) in [5.74, 6) is 0.830. The smallest absolute Gasteiger partial charge is 0.354 e. The molecule has 3 rings (SSSR count). The van der Waals surface area contributed by atoms with E-state index in [2.05, 4.69) is 0 Å². The van der Waals surface area contributed by atoms with Crippen LogP contribution < -0.4 is 9.47 Å². The molecule has 166 valence electrons. The predicted molar refractivity (Wildman–Crippen MR) is 118 cm³/mol. The van der Waals surface area contributed by atoms with Gasteiger partial charge in [-0.25, -0.2) is 4.79 Å². The monoisotopic (exact) mass is 426 g/mol. The summed E-state index contributed by atoms with van der Waals surface area (Å²) in [7, 11) is 6.99. The van der Waals surface area contributed by atoms with Gasteiger partial charge in [0.15, 0.2) is 0 Å². The lowest BCUT2D eigenvalue weighted by Crippen LogP contribution is -2.19. The fourth-order valence-corrected chi connectivity index (χ4v) is 3.95. The number of benzene rings is 1. The van der Waals surface area contributed by atoms with Crippen molar-refractivity contribution in [1.82, 2.24) is 9.47 Å². The first-order valence-corrected chi connectivity index (χ1v) is 10.4. The molecule has 1 aliphatic carbocycles. The number of nitrogens with zero attached hydrogens (tertiary/aromatic N) is 2. The molecular weight excluding hydrogens is 396 g/mol. The van der Waals surface area contributed by atoms with E-state index in [1.807, 2.05) is 43.4 Å². The van der Waals surface area contributed by atoms with Gasteiger partial charge in [0.2, 0.25) is 5.78 Å². The summed E-state index contributed by atoms with van der Waals surface area (Å²) < 4.78 is 17.9. The number of aromatic nitrogens is 1. The Morgan fingerprint density at radius 1 is 1.16 bits per heavy atom. The molecule has 7 heteroatoms. The minimum atomic E-state index is -0.441. The summed E-state index contributed by atoms with van der Waals surface area (Å²) in [5.41, 5.74) is 3.32. The average molecular weight is 427 g/mol. The first-order valence-electron chi connectivity index (χ1n) is 10.4. The van der Waals surface area contributed by atoms with E-state index in [1.54, 1.807) is 31.8 Å². The zero-order valence-corrected chi connectivity index (χ0v) is 18.9. The summed E-state index contributed by atoms with van der Waals surface area (Å²) >= 11 is 0. The van der Waals surface area contributed by atoms with Gasteiger partial charge in [-0.1, -0.05) is 0 Å². The number of hydrogen-bond donors (Lipinski definition) is 0. The molecule has 0 saturated heterocycles. The highest BCUT2D eigenvalue weighted by molar-refractivity contribution is 6.10. The number of ether oxygens (including phenoxy) is 3. The lowest BCUT2D eigenvalue weighted by Gasteiger charge is -2.17. The quantitative estimate of drug-likeness (QED) is 0.382. The molecule has 0 amide bonds. The average Bonchev–Trinajstić information content (AvgIpc) is 3.02. The van der Waals surface area contributed by atoms with Gasteiger partial charge in [0.1, 0.15) is 17.2 Å². The van der Waals surface area contributed by atoms with E-state index >= 15 is 0 Å². The van der Waals surface area contributed by atoms with Crippen LogP contribution in [-0.2, 0) is 17.7 Å². The molecule has 0 fully saturated rings. The third kappa shape index (κ3) is 4.76. The first kappa shape index (κ1) is 22.5. The van der Waals surface area contributed by atoms with Gasteiger partial charge in [-0.2, -0.15) is 0 Å². The lowest BCUT2D eigenvalue weighted by molar-refractivity contribution is 0.0514. The van der Waals surface area contributed by atoms with Crippen LogP contribution in [0.1, 0.15) is 51.9 Å². The summed E-state index contributed by atoms with van der Waals surface area (Å²) in [6, 6.07) is 7.29. The Hall–Kier alpha value is -3.22. The first-order chi connectivity index (χ1) is 14.9. The number of allylic oxidation sites excluding steroid dienone is 1. The zero-order valence-electron chi connectivity index (χ0n) is 18.9. The fourth-order valence-electron chi connectivity index (χ4n) is 3.95. The van der Waals surface area contributed by atoms with Gasteiger partial charge >= 0.3 is 5.97 Å². The predicted octanol–water partition coefficient (Wildman–Crippen LogP) is 3.69. The van der Waals surface area contributed by atoms with Gasteiger partial charge in [0.25, 0.3) is 0 Å². The van der Waals surface area contributed by atoms with Crippen molar-refractivity contribution in [1.29, 1.82) is 0 Å². The van der Waals surface area contributed by atoms with Crippen molar-refractivity contribution >= 4 is 11.8 Å². The van der Waals surface area contributed by atoms with Gasteiger partial charge in [-0.05, 0) is 56.0 Å². The number of ketones is 1. The van der Waals surface area contributed by atoms with Crippen LogP contribution in [0, 0.1) is 0 Å². The van der Waals surface area contributed by atoms with E-state index in [-0.39, 0.29) is 18.9 Å². The second-order valence-corrected chi connectivity index (χ2v) is 7.69. The Morgan fingerprint density at radius 2 is 1.94 bits per heavy atom. The van der Waals surface area contributed by atoms with E-state index in [1.165, 1.54) is 0 Å². The Morgan fingerprint density at radius 3 is 2.58 bits per heavy atom. The molecule has 2 aromatic rings. The lowest BCUT2D eigenvalue weighted by atomic mass is 10.1.